The molecule has 2 N–H and O–H groups in total. The fourth-order valence-electron chi connectivity index (χ4n) is 2.56. The summed E-state index contributed by atoms with van der Waals surface area (Å²) in [4.78, 5) is 24.2. The molecule has 3 rings (SSSR count). The van der Waals surface area contributed by atoms with Gasteiger partial charge < -0.3 is 15.4 Å². The Balaban J connectivity index is 1.69. The van der Waals surface area contributed by atoms with E-state index < -0.39 is 11.9 Å². The molecule has 142 valence electrons. The number of rotatable bonds is 6. The van der Waals surface area contributed by atoms with Crippen molar-refractivity contribution in [2.75, 3.05) is 17.7 Å². The number of amides is 1. The lowest BCUT2D eigenvalue weighted by Gasteiger charge is -2.09. The first-order valence-corrected chi connectivity index (χ1v) is 8.79. The topological polar surface area (TPSA) is 93.2 Å². The molecule has 1 amide bonds. The number of benzene rings is 2. The molecule has 7 nitrogen and oxygen atoms in total. The molecule has 1 heterocycles. The van der Waals surface area contributed by atoms with E-state index in [2.05, 4.69) is 27.8 Å². The Kier molecular flexibility index (Phi) is 5.96. The summed E-state index contributed by atoms with van der Waals surface area (Å²) < 4.78 is 4.72. The van der Waals surface area contributed by atoms with E-state index in [4.69, 9.17) is 4.74 Å². The number of aromatic nitrogens is 2. The predicted octanol–water partition coefficient (Wildman–Crippen LogP) is 3.82. The Morgan fingerprint density at radius 2 is 1.71 bits per heavy atom. The summed E-state index contributed by atoms with van der Waals surface area (Å²) in [6, 6.07) is 17.8. The zero-order valence-corrected chi connectivity index (χ0v) is 15.6. The number of para-hydroxylation sites is 1. The van der Waals surface area contributed by atoms with Gasteiger partial charge in [0.25, 0.3) is 5.91 Å². The number of ether oxygens (including phenoxy) is 1. The van der Waals surface area contributed by atoms with Crippen LogP contribution in [0.5, 0.6) is 0 Å². The van der Waals surface area contributed by atoms with Crippen LogP contribution in [0.15, 0.2) is 60.7 Å². The van der Waals surface area contributed by atoms with E-state index in [0.717, 1.165) is 12.1 Å². The SMILES string of the molecule is CCc1ccc(Nc2ccc(C(=O)Nc3ccccc3C(=O)OC)nn2)cc1. The highest BCUT2D eigenvalue weighted by Crippen LogP contribution is 2.18. The molecule has 2 aromatic carbocycles. The van der Waals surface area contributed by atoms with Gasteiger partial charge in [-0.1, -0.05) is 31.2 Å². The highest BCUT2D eigenvalue weighted by molar-refractivity contribution is 6.07. The molecular weight excluding hydrogens is 356 g/mol. The molecule has 0 aliphatic heterocycles. The Morgan fingerprint density at radius 3 is 2.36 bits per heavy atom. The second kappa shape index (κ2) is 8.77. The summed E-state index contributed by atoms with van der Waals surface area (Å²) in [5.74, 6) is -0.478. The number of nitrogens with zero attached hydrogens (tertiary/aromatic N) is 2. The van der Waals surface area contributed by atoms with Gasteiger partial charge in [-0.15, -0.1) is 10.2 Å². The number of hydrogen-bond acceptors (Lipinski definition) is 6. The van der Waals surface area contributed by atoms with Gasteiger partial charge >= 0.3 is 5.97 Å². The second-order valence-corrected chi connectivity index (χ2v) is 5.97. The number of hydrogen-bond donors (Lipinski definition) is 2. The highest BCUT2D eigenvalue weighted by Gasteiger charge is 2.15. The third-order valence-electron chi connectivity index (χ3n) is 4.11. The molecule has 7 heteroatoms. The van der Waals surface area contributed by atoms with Crippen molar-refractivity contribution in [3.63, 3.8) is 0 Å². The highest BCUT2D eigenvalue weighted by atomic mass is 16.5. The number of nitrogens with one attached hydrogen (secondary N) is 2. The molecule has 0 aliphatic carbocycles. The standard InChI is InChI=1S/C21H20N4O3/c1-3-14-8-10-15(11-9-14)22-19-13-12-18(24-25-19)20(26)23-17-7-5-4-6-16(17)21(27)28-2/h4-13H,3H2,1-2H3,(H,22,25)(H,23,26). The quantitative estimate of drug-likeness (QED) is 0.635. The maximum absolute atomic E-state index is 12.4. The van der Waals surface area contributed by atoms with Crippen molar-refractivity contribution in [1.82, 2.24) is 10.2 Å². The zero-order chi connectivity index (χ0) is 19.9. The van der Waals surface area contributed by atoms with E-state index in [1.54, 1.807) is 36.4 Å². The van der Waals surface area contributed by atoms with Crippen LogP contribution in [-0.4, -0.2) is 29.2 Å². The minimum Gasteiger partial charge on any atom is -0.465 e. The molecule has 3 aromatic rings. The van der Waals surface area contributed by atoms with E-state index >= 15 is 0 Å². The van der Waals surface area contributed by atoms with Crippen LogP contribution < -0.4 is 10.6 Å². The lowest BCUT2D eigenvalue weighted by atomic mass is 10.1. The van der Waals surface area contributed by atoms with Gasteiger partial charge in [0.1, 0.15) is 0 Å². The molecule has 0 bridgehead atoms. The first-order chi connectivity index (χ1) is 13.6. The van der Waals surface area contributed by atoms with E-state index in [1.807, 2.05) is 24.3 Å². The number of carbonyl (C=O) groups excluding carboxylic acids is 2. The summed E-state index contributed by atoms with van der Waals surface area (Å²) in [6.45, 7) is 2.10. The second-order valence-electron chi connectivity index (χ2n) is 5.97. The van der Waals surface area contributed by atoms with Crippen LogP contribution in [0.4, 0.5) is 17.2 Å². The third-order valence-corrected chi connectivity index (χ3v) is 4.11. The lowest BCUT2D eigenvalue weighted by Crippen LogP contribution is -2.17. The fraction of sp³-hybridized carbons (Fsp3) is 0.143. The van der Waals surface area contributed by atoms with Crippen LogP contribution in [0.1, 0.15) is 33.3 Å². The van der Waals surface area contributed by atoms with Crippen molar-refractivity contribution < 1.29 is 14.3 Å². The number of carbonyl (C=O) groups is 2. The molecule has 0 spiro atoms. The lowest BCUT2D eigenvalue weighted by molar-refractivity contribution is 0.0602. The third kappa shape index (κ3) is 4.50. The molecule has 0 radical (unpaired) electrons. The molecule has 0 fully saturated rings. The molecule has 0 atom stereocenters. The predicted molar refractivity (Wildman–Crippen MR) is 107 cm³/mol. The van der Waals surface area contributed by atoms with E-state index in [-0.39, 0.29) is 11.3 Å². The summed E-state index contributed by atoms with van der Waals surface area (Å²) in [6.07, 6.45) is 0.975. The van der Waals surface area contributed by atoms with Gasteiger partial charge in [-0.2, -0.15) is 0 Å². The van der Waals surface area contributed by atoms with Crippen molar-refractivity contribution in [2.45, 2.75) is 13.3 Å². The maximum atomic E-state index is 12.4. The average Bonchev–Trinajstić information content (AvgIpc) is 2.74. The molecule has 28 heavy (non-hydrogen) atoms. The number of esters is 1. The largest absolute Gasteiger partial charge is 0.465 e. The molecule has 0 aliphatic rings. The van der Waals surface area contributed by atoms with Gasteiger partial charge in [-0.3, -0.25) is 4.79 Å². The van der Waals surface area contributed by atoms with E-state index in [0.29, 0.717) is 11.5 Å². The summed E-state index contributed by atoms with van der Waals surface area (Å²) >= 11 is 0. The van der Waals surface area contributed by atoms with Gasteiger partial charge in [0.15, 0.2) is 11.5 Å². The minimum atomic E-state index is -0.532. The Bertz CT molecular complexity index is 970. The van der Waals surface area contributed by atoms with Crippen molar-refractivity contribution >= 4 is 29.1 Å². The Morgan fingerprint density at radius 1 is 0.964 bits per heavy atom. The number of aryl methyl sites for hydroxylation is 1. The van der Waals surface area contributed by atoms with E-state index in [9.17, 15) is 9.59 Å². The Labute approximate surface area is 162 Å². The smallest absolute Gasteiger partial charge is 0.339 e. The molecule has 0 saturated carbocycles. The molecular formula is C21H20N4O3. The first-order valence-electron chi connectivity index (χ1n) is 8.79. The minimum absolute atomic E-state index is 0.131. The molecule has 0 saturated heterocycles. The Hall–Kier alpha value is -3.74. The van der Waals surface area contributed by atoms with Crippen molar-refractivity contribution in [1.29, 1.82) is 0 Å². The van der Waals surface area contributed by atoms with Gasteiger partial charge in [-0.25, -0.2) is 4.79 Å². The van der Waals surface area contributed by atoms with Crippen LogP contribution in [0.25, 0.3) is 0 Å². The van der Waals surface area contributed by atoms with Crippen LogP contribution in [0.3, 0.4) is 0 Å². The summed E-state index contributed by atoms with van der Waals surface area (Å²) in [5.41, 5.74) is 2.87. The number of methoxy groups -OCH3 is 1. The van der Waals surface area contributed by atoms with Gasteiger partial charge in [0.2, 0.25) is 0 Å². The summed E-state index contributed by atoms with van der Waals surface area (Å²) in [7, 11) is 1.29. The van der Waals surface area contributed by atoms with Crippen LogP contribution in [0.2, 0.25) is 0 Å². The van der Waals surface area contributed by atoms with E-state index in [1.165, 1.54) is 12.7 Å². The maximum Gasteiger partial charge on any atom is 0.339 e. The number of anilines is 3. The van der Waals surface area contributed by atoms with Crippen molar-refractivity contribution in [3.8, 4) is 0 Å². The van der Waals surface area contributed by atoms with Crippen molar-refractivity contribution in [2.24, 2.45) is 0 Å². The van der Waals surface area contributed by atoms with Gasteiger partial charge in [-0.05, 0) is 48.4 Å². The van der Waals surface area contributed by atoms with Crippen LogP contribution in [-0.2, 0) is 11.2 Å². The van der Waals surface area contributed by atoms with Crippen LogP contribution in [0, 0.1) is 0 Å². The fourth-order valence-corrected chi connectivity index (χ4v) is 2.56. The molecule has 1 aromatic heterocycles. The van der Waals surface area contributed by atoms with Gasteiger partial charge in [0, 0.05) is 5.69 Å². The zero-order valence-electron chi connectivity index (χ0n) is 15.6. The van der Waals surface area contributed by atoms with Crippen LogP contribution >= 0.6 is 0 Å². The van der Waals surface area contributed by atoms with Gasteiger partial charge in [0.05, 0.1) is 18.4 Å². The van der Waals surface area contributed by atoms with Crippen molar-refractivity contribution in [3.05, 3.63) is 77.5 Å². The summed E-state index contributed by atoms with van der Waals surface area (Å²) in [5, 5.41) is 13.8. The normalized spacial score (nSPS) is 10.2. The first kappa shape index (κ1) is 19.0. The average molecular weight is 376 g/mol. The monoisotopic (exact) mass is 376 g/mol. The molecule has 0 unspecified atom stereocenters.